The topological polar surface area (TPSA) is 42.0 Å². The Hall–Kier alpha value is -1.61. The number of nitrogens with one attached hydrogen (secondary N) is 1. The van der Waals surface area contributed by atoms with E-state index in [-0.39, 0.29) is 11.9 Å². The largest absolute Gasteiger partial charge is 0.350 e. The van der Waals surface area contributed by atoms with Gasteiger partial charge in [-0.1, -0.05) is 36.7 Å². The van der Waals surface area contributed by atoms with Gasteiger partial charge in [-0.15, -0.1) is 0 Å². The molecule has 1 aromatic carbocycles. The fourth-order valence-corrected chi connectivity index (χ4v) is 2.34. The van der Waals surface area contributed by atoms with Gasteiger partial charge in [0, 0.05) is 23.6 Å². The third-order valence-electron chi connectivity index (χ3n) is 3.07. The smallest absolute Gasteiger partial charge is 0.220 e. The maximum Gasteiger partial charge on any atom is 0.220 e. The number of hydrogen-bond donors (Lipinski definition) is 1. The molecule has 0 saturated carbocycles. The Kier molecular flexibility index (Phi) is 4.38. The first-order valence-corrected chi connectivity index (χ1v) is 6.83. The fraction of sp³-hybridized carbons (Fsp3) is 0.333. The van der Waals surface area contributed by atoms with Crippen LogP contribution in [0.4, 0.5) is 0 Å². The highest BCUT2D eigenvalue weighted by atomic mass is 35.5. The molecule has 1 N–H and O–H groups in total. The van der Waals surface area contributed by atoms with Crippen LogP contribution in [0.25, 0.3) is 10.9 Å². The van der Waals surface area contributed by atoms with Gasteiger partial charge in [-0.2, -0.15) is 0 Å². The number of hydrogen-bond acceptors (Lipinski definition) is 2. The summed E-state index contributed by atoms with van der Waals surface area (Å²) < 4.78 is 0. The first-order chi connectivity index (χ1) is 9.13. The van der Waals surface area contributed by atoms with Gasteiger partial charge < -0.3 is 5.32 Å². The predicted octanol–water partition coefficient (Wildman–Crippen LogP) is 3.87. The van der Waals surface area contributed by atoms with Crippen molar-refractivity contribution in [3.05, 3.63) is 41.0 Å². The molecule has 2 rings (SSSR count). The average molecular weight is 277 g/mol. The molecule has 3 nitrogen and oxygen atoms in total. The van der Waals surface area contributed by atoms with Gasteiger partial charge in [0.1, 0.15) is 0 Å². The average Bonchev–Trinajstić information content (AvgIpc) is 2.38. The Morgan fingerprint density at radius 3 is 2.95 bits per heavy atom. The molecule has 0 unspecified atom stereocenters. The number of carbonyl (C=O) groups is 1. The van der Waals surface area contributed by atoms with E-state index in [9.17, 15) is 4.79 Å². The number of rotatable bonds is 4. The summed E-state index contributed by atoms with van der Waals surface area (Å²) in [5, 5.41) is 4.58. The highest BCUT2D eigenvalue weighted by Crippen LogP contribution is 2.27. The van der Waals surface area contributed by atoms with Crippen LogP contribution in [-0.2, 0) is 4.79 Å². The molecule has 0 aliphatic rings. The minimum absolute atomic E-state index is 0.0639. The summed E-state index contributed by atoms with van der Waals surface area (Å²) in [6, 6.07) is 7.55. The molecule has 0 saturated heterocycles. The maximum absolute atomic E-state index is 11.7. The van der Waals surface area contributed by atoms with Gasteiger partial charge in [-0.3, -0.25) is 9.78 Å². The molecule has 0 fully saturated rings. The van der Waals surface area contributed by atoms with Crippen LogP contribution in [0.15, 0.2) is 30.5 Å². The summed E-state index contributed by atoms with van der Waals surface area (Å²) in [7, 11) is 0. The van der Waals surface area contributed by atoms with Crippen LogP contribution in [0.2, 0.25) is 5.02 Å². The van der Waals surface area contributed by atoms with Crippen molar-refractivity contribution in [2.45, 2.75) is 32.7 Å². The summed E-state index contributed by atoms with van der Waals surface area (Å²) in [4.78, 5) is 16.1. The summed E-state index contributed by atoms with van der Waals surface area (Å²) in [5.41, 5.74) is 1.84. The lowest BCUT2D eigenvalue weighted by molar-refractivity contribution is -0.121. The van der Waals surface area contributed by atoms with Crippen molar-refractivity contribution in [3.8, 4) is 0 Å². The summed E-state index contributed by atoms with van der Waals surface area (Å²) in [6.07, 6.45) is 3.08. The van der Waals surface area contributed by atoms with Crippen molar-refractivity contribution in [2.24, 2.45) is 0 Å². The lowest BCUT2D eigenvalue weighted by atomic mass is 10.0. The minimum Gasteiger partial charge on any atom is -0.350 e. The molecule has 1 heterocycles. The van der Waals surface area contributed by atoms with Crippen LogP contribution in [0, 0.1) is 0 Å². The van der Waals surface area contributed by atoms with Gasteiger partial charge in [0.15, 0.2) is 0 Å². The van der Waals surface area contributed by atoms with Crippen LogP contribution in [0.1, 0.15) is 38.3 Å². The number of carbonyl (C=O) groups excluding carboxylic acids is 1. The van der Waals surface area contributed by atoms with E-state index in [2.05, 4.69) is 10.3 Å². The highest BCUT2D eigenvalue weighted by molar-refractivity contribution is 6.35. The SMILES string of the molecule is CCCC(=O)N[C@@H](C)c1cccc2c(Cl)ccnc12. The zero-order chi connectivity index (χ0) is 13.8. The molecule has 4 heteroatoms. The number of halogens is 1. The lowest BCUT2D eigenvalue weighted by Crippen LogP contribution is -2.26. The summed E-state index contributed by atoms with van der Waals surface area (Å²) >= 11 is 6.16. The zero-order valence-electron chi connectivity index (χ0n) is 11.1. The summed E-state index contributed by atoms with van der Waals surface area (Å²) in [6.45, 7) is 3.95. The van der Waals surface area contributed by atoms with Crippen LogP contribution >= 0.6 is 11.6 Å². The first-order valence-electron chi connectivity index (χ1n) is 6.46. The highest BCUT2D eigenvalue weighted by Gasteiger charge is 2.13. The van der Waals surface area contributed by atoms with E-state index >= 15 is 0 Å². The van der Waals surface area contributed by atoms with Crippen molar-refractivity contribution in [1.82, 2.24) is 10.3 Å². The Morgan fingerprint density at radius 1 is 1.42 bits per heavy atom. The molecule has 0 spiro atoms. The van der Waals surface area contributed by atoms with E-state index in [1.807, 2.05) is 32.0 Å². The second kappa shape index (κ2) is 6.02. The third-order valence-corrected chi connectivity index (χ3v) is 3.40. The molecule has 1 amide bonds. The number of benzene rings is 1. The summed E-state index contributed by atoms with van der Waals surface area (Å²) in [5.74, 6) is 0.0639. The maximum atomic E-state index is 11.7. The van der Waals surface area contributed by atoms with Crippen LogP contribution in [0.5, 0.6) is 0 Å². The number of amides is 1. The molecule has 19 heavy (non-hydrogen) atoms. The standard InChI is InChI=1S/C15H17ClN2O/c1-3-5-14(19)18-10(2)11-6-4-7-12-13(16)8-9-17-15(11)12/h4,6-10H,3,5H2,1-2H3,(H,18,19)/t10-/m0/s1. The Morgan fingerprint density at radius 2 is 2.21 bits per heavy atom. The molecular formula is C15H17ClN2O. The number of aromatic nitrogens is 1. The molecule has 1 aromatic heterocycles. The van der Waals surface area contributed by atoms with E-state index in [1.54, 1.807) is 12.3 Å². The lowest BCUT2D eigenvalue weighted by Gasteiger charge is -2.16. The Bertz CT molecular complexity index is 598. The second-order valence-electron chi connectivity index (χ2n) is 4.58. The number of pyridine rings is 1. The van der Waals surface area contributed by atoms with Gasteiger partial charge in [-0.25, -0.2) is 0 Å². The van der Waals surface area contributed by atoms with Gasteiger partial charge in [0.2, 0.25) is 5.91 Å². The Balaban J connectivity index is 2.34. The molecule has 100 valence electrons. The van der Waals surface area contributed by atoms with Crippen molar-refractivity contribution < 1.29 is 4.79 Å². The van der Waals surface area contributed by atoms with Crippen LogP contribution < -0.4 is 5.32 Å². The van der Waals surface area contributed by atoms with E-state index in [4.69, 9.17) is 11.6 Å². The first kappa shape index (κ1) is 13.8. The van der Waals surface area contributed by atoms with Crippen molar-refractivity contribution in [1.29, 1.82) is 0 Å². The molecular weight excluding hydrogens is 260 g/mol. The van der Waals surface area contributed by atoms with Crippen LogP contribution in [0.3, 0.4) is 0 Å². The monoisotopic (exact) mass is 276 g/mol. The molecule has 1 atom stereocenters. The van der Waals surface area contributed by atoms with Crippen LogP contribution in [-0.4, -0.2) is 10.9 Å². The van der Waals surface area contributed by atoms with Crippen molar-refractivity contribution >= 4 is 28.4 Å². The van der Waals surface area contributed by atoms with Crippen molar-refractivity contribution in [3.63, 3.8) is 0 Å². The fourth-order valence-electron chi connectivity index (χ4n) is 2.13. The van der Waals surface area contributed by atoms with E-state index in [0.29, 0.717) is 11.4 Å². The van der Waals surface area contributed by atoms with E-state index in [1.165, 1.54) is 0 Å². The predicted molar refractivity (Wildman–Crippen MR) is 78.2 cm³/mol. The van der Waals surface area contributed by atoms with Gasteiger partial charge in [0.25, 0.3) is 0 Å². The quantitative estimate of drug-likeness (QED) is 0.921. The zero-order valence-corrected chi connectivity index (χ0v) is 11.9. The third kappa shape index (κ3) is 3.04. The number of para-hydroxylation sites is 1. The van der Waals surface area contributed by atoms with Gasteiger partial charge in [0.05, 0.1) is 16.6 Å². The van der Waals surface area contributed by atoms with Crippen molar-refractivity contribution in [2.75, 3.05) is 0 Å². The molecule has 0 aliphatic heterocycles. The normalized spacial score (nSPS) is 12.4. The molecule has 2 aromatic rings. The minimum atomic E-state index is -0.0753. The number of fused-ring (bicyclic) bond motifs is 1. The molecule has 0 radical (unpaired) electrons. The van der Waals surface area contributed by atoms with Gasteiger partial charge >= 0.3 is 0 Å². The van der Waals surface area contributed by atoms with E-state index < -0.39 is 0 Å². The second-order valence-corrected chi connectivity index (χ2v) is 4.98. The van der Waals surface area contributed by atoms with Gasteiger partial charge in [-0.05, 0) is 19.4 Å². The Labute approximate surface area is 118 Å². The number of nitrogens with zero attached hydrogens (tertiary/aromatic N) is 1. The molecule has 0 aliphatic carbocycles. The molecule has 0 bridgehead atoms. The van der Waals surface area contributed by atoms with E-state index in [0.717, 1.165) is 22.9 Å².